The summed E-state index contributed by atoms with van der Waals surface area (Å²) >= 11 is 0. The van der Waals surface area contributed by atoms with Crippen molar-refractivity contribution in [2.75, 3.05) is 7.11 Å². The first-order chi connectivity index (χ1) is 7.81. The third-order valence-corrected chi connectivity index (χ3v) is 2.63. The second kappa shape index (κ2) is 3.10. The average molecular weight is 215 g/mol. The second-order valence-corrected chi connectivity index (χ2v) is 3.48. The summed E-state index contributed by atoms with van der Waals surface area (Å²) in [7, 11) is 1.60. The predicted octanol–water partition coefficient (Wildman–Crippen LogP) is 1.41. The fraction of sp³-hybridized carbons (Fsp3) is 0.0909. The smallest absolute Gasteiger partial charge is 0.273 e. The maximum absolute atomic E-state index is 11.4. The highest BCUT2D eigenvalue weighted by Crippen LogP contribution is 2.26. The molecule has 0 bridgehead atoms. The Hall–Kier alpha value is -2.30. The van der Waals surface area contributed by atoms with Gasteiger partial charge in [0.1, 0.15) is 11.3 Å². The van der Waals surface area contributed by atoms with E-state index in [1.165, 1.54) is 0 Å². The number of rotatable bonds is 1. The van der Waals surface area contributed by atoms with Crippen molar-refractivity contribution in [2.45, 2.75) is 0 Å². The fourth-order valence-electron chi connectivity index (χ4n) is 1.85. The molecule has 0 aliphatic rings. The third kappa shape index (κ3) is 1.05. The molecule has 2 aromatic heterocycles. The topological polar surface area (TPSA) is 70.8 Å². The number of fused-ring (bicyclic) bond motifs is 3. The van der Waals surface area contributed by atoms with Gasteiger partial charge in [-0.2, -0.15) is 0 Å². The molecule has 0 saturated heterocycles. The largest absolute Gasteiger partial charge is 0.494 e. The minimum atomic E-state index is -0.160. The van der Waals surface area contributed by atoms with Gasteiger partial charge in [0.05, 0.1) is 18.0 Å². The normalized spacial score (nSPS) is 11.1. The lowest BCUT2D eigenvalue weighted by atomic mass is 10.1. The molecule has 0 spiro atoms. The van der Waals surface area contributed by atoms with E-state index in [2.05, 4.69) is 15.2 Å². The van der Waals surface area contributed by atoms with Crippen LogP contribution in [0.15, 0.2) is 29.2 Å². The van der Waals surface area contributed by atoms with E-state index in [4.69, 9.17) is 4.74 Å². The number of hydrogen-bond donors (Lipinski definition) is 2. The van der Waals surface area contributed by atoms with Crippen LogP contribution in [0.25, 0.3) is 21.8 Å². The fourth-order valence-corrected chi connectivity index (χ4v) is 1.85. The number of hydrogen-bond acceptors (Lipinski definition) is 3. The Labute approximate surface area is 90.1 Å². The van der Waals surface area contributed by atoms with Gasteiger partial charge < -0.3 is 4.74 Å². The molecule has 0 fully saturated rings. The Morgan fingerprint density at radius 1 is 1.25 bits per heavy atom. The summed E-state index contributed by atoms with van der Waals surface area (Å²) < 4.78 is 5.22. The third-order valence-electron chi connectivity index (χ3n) is 2.63. The summed E-state index contributed by atoms with van der Waals surface area (Å²) in [6.07, 6.45) is 1.55. The molecule has 80 valence electrons. The summed E-state index contributed by atoms with van der Waals surface area (Å²) in [5.41, 5.74) is 1.34. The van der Waals surface area contributed by atoms with E-state index in [-0.39, 0.29) is 5.56 Å². The molecule has 0 unspecified atom stereocenters. The summed E-state index contributed by atoms with van der Waals surface area (Å²) in [5, 5.41) is 6.82. The molecule has 2 N–H and O–H groups in total. The van der Waals surface area contributed by atoms with Crippen LogP contribution < -0.4 is 10.3 Å². The zero-order chi connectivity index (χ0) is 11.1. The molecule has 3 aromatic rings. The number of aromatic amines is 2. The van der Waals surface area contributed by atoms with Crippen LogP contribution in [0.3, 0.4) is 0 Å². The number of methoxy groups -OCH3 is 1. The van der Waals surface area contributed by atoms with Gasteiger partial charge >= 0.3 is 0 Å². The first-order valence-electron chi connectivity index (χ1n) is 4.83. The number of pyridine rings is 1. The standard InChI is InChI=1S/C11H9N3O2/c1-16-8-4-2-3-6-9-7(5-12-10(6)8)11(15)14-13-9/h2-5H,1H3,(H2,13,14,15). The van der Waals surface area contributed by atoms with Gasteiger partial charge in [-0.1, -0.05) is 12.1 Å². The Kier molecular flexibility index (Phi) is 1.73. The van der Waals surface area contributed by atoms with E-state index in [1.54, 1.807) is 13.3 Å². The van der Waals surface area contributed by atoms with Crippen LogP contribution in [0.5, 0.6) is 5.75 Å². The zero-order valence-electron chi connectivity index (χ0n) is 8.57. The summed E-state index contributed by atoms with van der Waals surface area (Å²) in [6, 6.07) is 5.61. The molecular weight excluding hydrogens is 206 g/mol. The highest BCUT2D eigenvalue weighted by atomic mass is 16.5. The molecule has 0 amide bonds. The van der Waals surface area contributed by atoms with Crippen molar-refractivity contribution < 1.29 is 4.74 Å². The second-order valence-electron chi connectivity index (χ2n) is 3.48. The van der Waals surface area contributed by atoms with Gasteiger partial charge in [-0.25, -0.2) is 0 Å². The molecule has 2 heterocycles. The van der Waals surface area contributed by atoms with E-state index >= 15 is 0 Å². The molecule has 5 heteroatoms. The van der Waals surface area contributed by atoms with Crippen LogP contribution in [0.4, 0.5) is 0 Å². The lowest BCUT2D eigenvalue weighted by molar-refractivity contribution is 0.419. The van der Waals surface area contributed by atoms with Gasteiger partial charge in [0, 0.05) is 11.6 Å². The molecule has 0 aliphatic carbocycles. The van der Waals surface area contributed by atoms with Gasteiger partial charge in [0.25, 0.3) is 5.56 Å². The van der Waals surface area contributed by atoms with Crippen molar-refractivity contribution in [2.24, 2.45) is 0 Å². The Bertz CT molecular complexity index is 727. The average Bonchev–Trinajstić information content (AvgIpc) is 2.70. The van der Waals surface area contributed by atoms with Crippen LogP contribution in [-0.4, -0.2) is 22.3 Å². The minimum absolute atomic E-state index is 0.160. The monoisotopic (exact) mass is 215 g/mol. The van der Waals surface area contributed by atoms with E-state index in [9.17, 15) is 4.79 Å². The zero-order valence-corrected chi connectivity index (χ0v) is 8.57. The van der Waals surface area contributed by atoms with Crippen LogP contribution >= 0.6 is 0 Å². The summed E-state index contributed by atoms with van der Waals surface area (Å²) in [5.74, 6) is 0.696. The Morgan fingerprint density at radius 3 is 2.94 bits per heavy atom. The van der Waals surface area contributed by atoms with E-state index in [1.807, 2.05) is 18.2 Å². The van der Waals surface area contributed by atoms with Crippen LogP contribution in [0, 0.1) is 0 Å². The van der Waals surface area contributed by atoms with Crippen molar-refractivity contribution >= 4 is 21.8 Å². The quantitative estimate of drug-likeness (QED) is 0.644. The summed E-state index contributed by atoms with van der Waals surface area (Å²) in [4.78, 5) is 15.7. The van der Waals surface area contributed by atoms with Gasteiger partial charge in [-0.3, -0.25) is 20.0 Å². The SMILES string of the molecule is COc1cccc2c1ncc1c(=O)[nH][nH]c12. The van der Waals surface area contributed by atoms with E-state index < -0.39 is 0 Å². The summed E-state index contributed by atoms with van der Waals surface area (Å²) in [6.45, 7) is 0. The Balaban J connectivity index is 2.57. The van der Waals surface area contributed by atoms with Crippen molar-refractivity contribution in [3.63, 3.8) is 0 Å². The van der Waals surface area contributed by atoms with Crippen molar-refractivity contribution in [1.29, 1.82) is 0 Å². The molecule has 5 nitrogen and oxygen atoms in total. The molecule has 16 heavy (non-hydrogen) atoms. The lowest BCUT2D eigenvalue weighted by Gasteiger charge is -2.03. The number of H-pyrrole nitrogens is 2. The Morgan fingerprint density at radius 2 is 2.12 bits per heavy atom. The van der Waals surface area contributed by atoms with Gasteiger partial charge in [-0.15, -0.1) is 0 Å². The molecule has 0 radical (unpaired) electrons. The minimum Gasteiger partial charge on any atom is -0.494 e. The molecule has 3 rings (SSSR count). The van der Waals surface area contributed by atoms with Crippen molar-refractivity contribution in [1.82, 2.24) is 15.2 Å². The highest BCUT2D eigenvalue weighted by Gasteiger charge is 2.09. The van der Waals surface area contributed by atoms with Gasteiger partial charge in [0.15, 0.2) is 0 Å². The lowest BCUT2D eigenvalue weighted by Crippen LogP contribution is -1.97. The number of ether oxygens (including phenoxy) is 1. The first-order valence-corrected chi connectivity index (χ1v) is 4.83. The maximum atomic E-state index is 11.4. The number of benzene rings is 1. The van der Waals surface area contributed by atoms with Crippen LogP contribution in [0.2, 0.25) is 0 Å². The van der Waals surface area contributed by atoms with Crippen LogP contribution in [0.1, 0.15) is 0 Å². The highest BCUT2D eigenvalue weighted by molar-refractivity contribution is 6.04. The number of para-hydroxylation sites is 1. The van der Waals surface area contributed by atoms with Crippen molar-refractivity contribution in [3.8, 4) is 5.75 Å². The molecule has 0 atom stereocenters. The van der Waals surface area contributed by atoms with E-state index in [0.717, 1.165) is 16.4 Å². The number of nitrogens with zero attached hydrogens (tertiary/aromatic N) is 1. The molecule has 1 aromatic carbocycles. The molecular formula is C11H9N3O2. The van der Waals surface area contributed by atoms with Gasteiger partial charge in [0.2, 0.25) is 0 Å². The van der Waals surface area contributed by atoms with Crippen LogP contribution in [-0.2, 0) is 0 Å². The maximum Gasteiger partial charge on any atom is 0.273 e. The van der Waals surface area contributed by atoms with Gasteiger partial charge in [-0.05, 0) is 6.07 Å². The predicted molar refractivity (Wildman–Crippen MR) is 60.8 cm³/mol. The number of nitrogens with one attached hydrogen (secondary N) is 2. The van der Waals surface area contributed by atoms with Crippen molar-refractivity contribution in [3.05, 3.63) is 34.7 Å². The number of aromatic nitrogens is 3. The molecule has 0 aliphatic heterocycles. The van der Waals surface area contributed by atoms with E-state index in [0.29, 0.717) is 11.1 Å². The molecule has 0 saturated carbocycles. The first kappa shape index (κ1) is 8.96.